The van der Waals surface area contributed by atoms with Gasteiger partial charge in [-0.25, -0.2) is 13.4 Å². The molecule has 1 aromatic heterocycles. The number of hydrazine groups is 1. The number of fused-ring (bicyclic) bond motifs is 1. The van der Waals surface area contributed by atoms with Crippen molar-refractivity contribution in [3.05, 3.63) is 65.9 Å². The first-order valence-corrected chi connectivity index (χ1v) is 18.5. The van der Waals surface area contributed by atoms with Crippen LogP contribution in [0.5, 0.6) is 0 Å². The summed E-state index contributed by atoms with van der Waals surface area (Å²) in [5.74, 6) is -0.805. The van der Waals surface area contributed by atoms with Crippen LogP contribution in [-0.2, 0) is 19.6 Å². The van der Waals surface area contributed by atoms with Gasteiger partial charge in [-0.15, -0.1) is 0 Å². The largest absolute Gasteiger partial charge is 0.371 e. The van der Waals surface area contributed by atoms with Gasteiger partial charge in [-0.2, -0.15) is 14.9 Å². The van der Waals surface area contributed by atoms with Crippen molar-refractivity contribution in [2.24, 2.45) is 0 Å². The molecule has 12 nitrogen and oxygen atoms in total. The van der Waals surface area contributed by atoms with E-state index in [0.29, 0.717) is 10.4 Å². The van der Waals surface area contributed by atoms with E-state index in [2.05, 4.69) is 9.88 Å². The molecule has 15 heteroatoms. The summed E-state index contributed by atoms with van der Waals surface area (Å²) >= 11 is 6.10. The average molecular weight is 677 g/mol. The van der Waals surface area contributed by atoms with E-state index in [1.54, 1.807) is 49.8 Å². The van der Waals surface area contributed by atoms with Gasteiger partial charge in [0.1, 0.15) is 6.04 Å². The zero-order valence-electron chi connectivity index (χ0n) is 24.9. The van der Waals surface area contributed by atoms with Crippen molar-refractivity contribution in [1.29, 1.82) is 0 Å². The molecule has 2 N–H and O–H groups in total. The molecule has 3 fully saturated rings. The summed E-state index contributed by atoms with van der Waals surface area (Å²) in [7, 11) is -5.12. The minimum absolute atomic E-state index is 0.0218. The molecule has 4 heterocycles. The molecule has 3 aliphatic heterocycles. The number of amides is 2. The van der Waals surface area contributed by atoms with E-state index in [9.17, 15) is 27.1 Å². The van der Waals surface area contributed by atoms with Crippen LogP contribution in [0.1, 0.15) is 12.8 Å². The van der Waals surface area contributed by atoms with E-state index < -0.39 is 45.0 Å². The number of hydrogen-bond donors (Lipinski definition) is 2. The Balaban J connectivity index is 1.26. The van der Waals surface area contributed by atoms with Crippen molar-refractivity contribution in [1.82, 2.24) is 24.2 Å². The second-order valence-electron chi connectivity index (χ2n) is 11.7. The topological polar surface area (TPSA) is 138 Å². The molecule has 45 heavy (non-hydrogen) atoms. The average Bonchev–Trinajstić information content (AvgIpc) is 3.04. The first-order valence-electron chi connectivity index (χ1n) is 14.8. The van der Waals surface area contributed by atoms with Gasteiger partial charge >= 0.3 is 0 Å². The SMILES string of the molecule is CN(C1CCN(c2ccncc2)CC1)N1C(=O)CN(S(=O)(=O)c2ccc3cc(Cl)ccc3c2)CC1C(=O)N1CCS(O)(O)CC1. The van der Waals surface area contributed by atoms with Crippen LogP contribution in [0.15, 0.2) is 65.8 Å². The number of anilines is 1. The summed E-state index contributed by atoms with van der Waals surface area (Å²) in [6.07, 6.45) is 4.97. The predicted octanol–water partition coefficient (Wildman–Crippen LogP) is 3.20. The molecule has 2 amide bonds. The van der Waals surface area contributed by atoms with Crippen LogP contribution in [0, 0.1) is 0 Å². The molecule has 6 rings (SSSR count). The van der Waals surface area contributed by atoms with Crippen molar-refractivity contribution < 1.29 is 27.1 Å². The Morgan fingerprint density at radius 3 is 2.31 bits per heavy atom. The Morgan fingerprint density at radius 1 is 0.978 bits per heavy atom. The second kappa shape index (κ2) is 12.7. The molecule has 1 unspecified atom stereocenters. The number of piperazine rings is 1. The van der Waals surface area contributed by atoms with Crippen molar-refractivity contribution in [2.75, 3.05) is 62.7 Å². The molecular formula is C30H37ClN6O6S2. The lowest BCUT2D eigenvalue weighted by atomic mass is 10.0. The Morgan fingerprint density at radius 2 is 1.62 bits per heavy atom. The van der Waals surface area contributed by atoms with Gasteiger partial charge in [-0.05, 0) is 60.0 Å². The monoisotopic (exact) mass is 676 g/mol. The van der Waals surface area contributed by atoms with E-state index in [1.165, 1.54) is 16.0 Å². The summed E-state index contributed by atoms with van der Waals surface area (Å²) in [5.41, 5.74) is 1.07. The molecule has 0 bridgehead atoms. The highest BCUT2D eigenvalue weighted by Crippen LogP contribution is 2.40. The summed E-state index contributed by atoms with van der Waals surface area (Å²) < 4.78 is 49.2. The van der Waals surface area contributed by atoms with Crippen molar-refractivity contribution >= 4 is 60.5 Å². The van der Waals surface area contributed by atoms with E-state index in [-0.39, 0.29) is 42.1 Å². The second-order valence-corrected chi connectivity index (χ2v) is 16.5. The number of aromatic nitrogens is 1. The number of halogens is 1. The van der Waals surface area contributed by atoms with Crippen LogP contribution in [-0.4, -0.2) is 123 Å². The molecule has 3 aliphatic rings. The van der Waals surface area contributed by atoms with Crippen LogP contribution in [0.2, 0.25) is 5.02 Å². The number of carbonyl (C=O) groups is 2. The Hall–Kier alpha value is -2.98. The number of piperidine rings is 1. The molecule has 242 valence electrons. The molecule has 2 aromatic carbocycles. The molecule has 0 spiro atoms. The normalized spacial score (nSPS) is 22.6. The van der Waals surface area contributed by atoms with Gasteiger partial charge in [0.15, 0.2) is 0 Å². The highest BCUT2D eigenvalue weighted by Gasteiger charge is 2.47. The van der Waals surface area contributed by atoms with Crippen LogP contribution in [0.25, 0.3) is 10.8 Å². The molecule has 0 aliphatic carbocycles. The van der Waals surface area contributed by atoms with Crippen molar-refractivity contribution in [3.63, 3.8) is 0 Å². The Kier molecular flexibility index (Phi) is 9.00. The molecule has 0 radical (unpaired) electrons. The lowest BCUT2D eigenvalue weighted by molar-refractivity contribution is -0.174. The van der Waals surface area contributed by atoms with E-state index in [4.69, 9.17) is 11.6 Å². The fourth-order valence-corrected chi connectivity index (χ4v) is 9.23. The number of sulfonamides is 1. The first kappa shape index (κ1) is 32.0. The number of pyridine rings is 1. The number of hydrogen-bond acceptors (Lipinski definition) is 9. The first-order chi connectivity index (χ1) is 21.4. The van der Waals surface area contributed by atoms with Gasteiger partial charge < -0.3 is 9.80 Å². The number of carbonyl (C=O) groups excluding carboxylic acids is 2. The molecule has 3 saturated heterocycles. The molecule has 1 atom stereocenters. The quantitative estimate of drug-likeness (QED) is 0.403. The van der Waals surface area contributed by atoms with Gasteiger partial charge in [0.25, 0.3) is 5.91 Å². The van der Waals surface area contributed by atoms with E-state index in [1.807, 2.05) is 17.1 Å². The summed E-state index contributed by atoms with van der Waals surface area (Å²) in [5, 5.41) is 5.25. The predicted molar refractivity (Wildman–Crippen MR) is 175 cm³/mol. The smallest absolute Gasteiger partial charge is 0.252 e. The Bertz CT molecular complexity index is 1680. The van der Waals surface area contributed by atoms with E-state index in [0.717, 1.165) is 41.3 Å². The molecular weight excluding hydrogens is 640 g/mol. The maximum atomic E-state index is 14.1. The minimum atomic E-state index is -4.15. The zero-order valence-corrected chi connectivity index (χ0v) is 27.3. The number of rotatable bonds is 6. The van der Waals surface area contributed by atoms with Crippen molar-refractivity contribution in [2.45, 2.75) is 29.8 Å². The third kappa shape index (κ3) is 6.64. The van der Waals surface area contributed by atoms with Gasteiger partial charge in [0, 0.05) is 68.9 Å². The van der Waals surface area contributed by atoms with Crippen molar-refractivity contribution in [3.8, 4) is 0 Å². The molecule has 3 aromatic rings. The fourth-order valence-electron chi connectivity index (χ4n) is 6.38. The van der Waals surface area contributed by atoms with Gasteiger partial charge in [-0.1, -0.05) is 23.7 Å². The summed E-state index contributed by atoms with van der Waals surface area (Å²) in [4.78, 5) is 35.8. The Labute approximate surface area is 269 Å². The number of nitrogens with zero attached hydrogens (tertiary/aromatic N) is 6. The number of benzene rings is 2. The lowest BCUT2D eigenvalue weighted by Crippen LogP contribution is -2.68. The maximum Gasteiger partial charge on any atom is 0.252 e. The maximum absolute atomic E-state index is 14.1. The third-order valence-corrected chi connectivity index (χ3v) is 12.7. The van der Waals surface area contributed by atoms with Gasteiger partial charge in [-0.3, -0.25) is 28.7 Å². The van der Waals surface area contributed by atoms with Gasteiger partial charge in [0.05, 0.1) is 22.9 Å². The third-order valence-electron chi connectivity index (χ3n) is 8.98. The summed E-state index contributed by atoms with van der Waals surface area (Å²) in [6.45, 7) is 1.10. The minimum Gasteiger partial charge on any atom is -0.371 e. The van der Waals surface area contributed by atoms with Crippen LogP contribution in [0.4, 0.5) is 5.69 Å². The van der Waals surface area contributed by atoms with E-state index >= 15 is 0 Å². The standard InChI is InChI=1S/C30H37ClN6O6S2/c1-33(25-8-12-34(13-9-25)26-6-10-32-11-7-26)37-28(30(39)35-14-16-44(40,41)17-15-35)20-36(21-29(37)38)45(42,43)27-5-3-22-18-24(31)4-2-23(22)19-27/h2-7,10-11,18-19,25,28,40-41H,8-9,12-17,20-21H2,1H3. The van der Waals surface area contributed by atoms with Crippen LogP contribution < -0.4 is 4.90 Å². The lowest BCUT2D eigenvalue weighted by Gasteiger charge is -2.49. The summed E-state index contributed by atoms with van der Waals surface area (Å²) in [6, 6.07) is 12.6. The van der Waals surface area contributed by atoms with Gasteiger partial charge in [0.2, 0.25) is 15.9 Å². The molecule has 0 saturated carbocycles. The van der Waals surface area contributed by atoms with Crippen LogP contribution >= 0.6 is 22.2 Å². The highest BCUT2D eigenvalue weighted by molar-refractivity contribution is 8.24. The highest BCUT2D eigenvalue weighted by atomic mass is 35.5. The fraction of sp³-hybridized carbons (Fsp3) is 0.433. The van der Waals surface area contributed by atoms with Crippen LogP contribution in [0.3, 0.4) is 0 Å². The zero-order chi connectivity index (χ0) is 31.9.